The standard InChI is InChI=1S/C14H19F2NO3/c1-14(2,3)12(19)17-8-11(18)9-5-4-6-10(7-9)20-13(15)16/h4-7,11,13,18H,8H2,1-3H3,(H,17,19). The molecule has 20 heavy (non-hydrogen) atoms. The minimum atomic E-state index is -2.91. The Hall–Kier alpha value is -1.69. The minimum absolute atomic E-state index is 0.00817. The average Bonchev–Trinajstić information content (AvgIpc) is 2.33. The van der Waals surface area contributed by atoms with Gasteiger partial charge in [0.2, 0.25) is 5.91 Å². The largest absolute Gasteiger partial charge is 0.435 e. The van der Waals surface area contributed by atoms with E-state index in [-0.39, 0.29) is 18.2 Å². The Labute approximate surface area is 116 Å². The Morgan fingerprint density at radius 3 is 2.60 bits per heavy atom. The lowest BCUT2D eigenvalue weighted by Crippen LogP contribution is -2.37. The molecule has 6 heteroatoms. The number of hydrogen-bond acceptors (Lipinski definition) is 3. The summed E-state index contributed by atoms with van der Waals surface area (Å²) < 4.78 is 28.4. The average molecular weight is 287 g/mol. The normalized spacial score (nSPS) is 13.2. The molecule has 0 radical (unpaired) electrons. The van der Waals surface area contributed by atoms with Crippen molar-refractivity contribution in [3.8, 4) is 5.75 Å². The molecule has 1 amide bonds. The lowest BCUT2D eigenvalue weighted by Gasteiger charge is -2.20. The molecule has 0 saturated carbocycles. The molecule has 112 valence electrons. The van der Waals surface area contributed by atoms with E-state index in [0.29, 0.717) is 5.56 Å². The van der Waals surface area contributed by atoms with Crippen molar-refractivity contribution in [3.63, 3.8) is 0 Å². The number of nitrogens with one attached hydrogen (secondary N) is 1. The van der Waals surface area contributed by atoms with Crippen LogP contribution in [0.15, 0.2) is 24.3 Å². The van der Waals surface area contributed by atoms with Crippen LogP contribution >= 0.6 is 0 Å². The van der Waals surface area contributed by atoms with Gasteiger partial charge in [0.05, 0.1) is 6.10 Å². The zero-order valence-electron chi connectivity index (χ0n) is 11.7. The summed E-state index contributed by atoms with van der Waals surface area (Å²) in [4.78, 5) is 11.7. The maximum atomic E-state index is 12.1. The first-order valence-corrected chi connectivity index (χ1v) is 6.21. The topological polar surface area (TPSA) is 58.6 Å². The number of benzene rings is 1. The fourth-order valence-corrected chi connectivity index (χ4v) is 1.47. The van der Waals surface area contributed by atoms with Crippen molar-refractivity contribution in [1.82, 2.24) is 5.32 Å². The number of aliphatic hydroxyl groups excluding tert-OH is 1. The van der Waals surface area contributed by atoms with Gasteiger partial charge in [-0.3, -0.25) is 4.79 Å². The highest BCUT2D eigenvalue weighted by atomic mass is 19.3. The highest BCUT2D eigenvalue weighted by Crippen LogP contribution is 2.21. The molecule has 0 heterocycles. The summed E-state index contributed by atoms with van der Waals surface area (Å²) in [5.74, 6) is -0.227. The summed E-state index contributed by atoms with van der Waals surface area (Å²) in [6.45, 7) is 2.36. The number of alkyl halides is 2. The molecule has 1 aromatic carbocycles. The smallest absolute Gasteiger partial charge is 0.387 e. The Bertz CT molecular complexity index is 458. The number of carbonyl (C=O) groups is 1. The van der Waals surface area contributed by atoms with E-state index < -0.39 is 18.1 Å². The number of aliphatic hydroxyl groups is 1. The van der Waals surface area contributed by atoms with Crippen molar-refractivity contribution in [2.75, 3.05) is 6.54 Å². The van der Waals surface area contributed by atoms with Gasteiger partial charge in [-0.05, 0) is 17.7 Å². The molecule has 0 saturated heterocycles. The molecule has 1 atom stereocenters. The fourth-order valence-electron chi connectivity index (χ4n) is 1.47. The van der Waals surface area contributed by atoms with Gasteiger partial charge in [0.15, 0.2) is 0 Å². The number of rotatable bonds is 5. The van der Waals surface area contributed by atoms with Gasteiger partial charge in [0, 0.05) is 12.0 Å². The Morgan fingerprint density at radius 1 is 1.40 bits per heavy atom. The molecule has 0 aliphatic rings. The maximum absolute atomic E-state index is 12.1. The molecule has 1 unspecified atom stereocenters. The van der Waals surface area contributed by atoms with Gasteiger partial charge < -0.3 is 15.2 Å². The predicted octanol–water partition coefficient (Wildman–Crippen LogP) is 2.48. The summed E-state index contributed by atoms with van der Waals surface area (Å²) in [6, 6.07) is 5.77. The fraction of sp³-hybridized carbons (Fsp3) is 0.500. The number of hydrogen-bond donors (Lipinski definition) is 2. The zero-order valence-corrected chi connectivity index (χ0v) is 11.7. The van der Waals surface area contributed by atoms with Crippen molar-refractivity contribution in [2.24, 2.45) is 5.41 Å². The highest BCUT2D eigenvalue weighted by molar-refractivity contribution is 5.81. The van der Waals surface area contributed by atoms with Crippen LogP contribution in [-0.4, -0.2) is 24.2 Å². The van der Waals surface area contributed by atoms with Crippen molar-refractivity contribution in [1.29, 1.82) is 0 Å². The van der Waals surface area contributed by atoms with Crippen LogP contribution < -0.4 is 10.1 Å². The van der Waals surface area contributed by atoms with Crippen LogP contribution in [0.2, 0.25) is 0 Å². The molecule has 4 nitrogen and oxygen atoms in total. The second-order valence-electron chi connectivity index (χ2n) is 5.43. The van der Waals surface area contributed by atoms with E-state index in [2.05, 4.69) is 10.1 Å². The minimum Gasteiger partial charge on any atom is -0.435 e. The number of amides is 1. The van der Waals surface area contributed by atoms with Crippen LogP contribution in [0.5, 0.6) is 5.75 Å². The van der Waals surface area contributed by atoms with E-state index in [1.807, 2.05) is 0 Å². The van der Waals surface area contributed by atoms with Crippen LogP contribution in [0.4, 0.5) is 8.78 Å². The summed E-state index contributed by atoms with van der Waals surface area (Å²) in [6.07, 6.45) is -0.984. The van der Waals surface area contributed by atoms with Gasteiger partial charge in [0.1, 0.15) is 5.75 Å². The van der Waals surface area contributed by atoms with Crippen LogP contribution in [-0.2, 0) is 4.79 Å². The van der Waals surface area contributed by atoms with Crippen LogP contribution in [0.3, 0.4) is 0 Å². The second kappa shape index (κ2) is 6.65. The van der Waals surface area contributed by atoms with Crippen LogP contribution in [0.1, 0.15) is 32.4 Å². The quantitative estimate of drug-likeness (QED) is 0.874. The van der Waals surface area contributed by atoms with Gasteiger partial charge in [-0.2, -0.15) is 8.78 Å². The molecule has 0 spiro atoms. The van der Waals surface area contributed by atoms with Gasteiger partial charge in [0.25, 0.3) is 0 Å². The molecule has 2 N–H and O–H groups in total. The lowest BCUT2D eigenvalue weighted by atomic mass is 9.95. The molecule has 1 rings (SSSR count). The third-order valence-electron chi connectivity index (χ3n) is 2.61. The molecule has 0 aliphatic heterocycles. The van der Waals surface area contributed by atoms with Crippen molar-refractivity contribution in [2.45, 2.75) is 33.5 Å². The van der Waals surface area contributed by atoms with E-state index in [4.69, 9.17) is 0 Å². The van der Waals surface area contributed by atoms with E-state index in [0.717, 1.165) is 0 Å². The number of carbonyl (C=O) groups excluding carboxylic acids is 1. The summed E-state index contributed by atoms with van der Waals surface area (Å²) in [7, 11) is 0. The zero-order chi connectivity index (χ0) is 15.3. The first-order chi connectivity index (χ1) is 9.20. The lowest BCUT2D eigenvalue weighted by molar-refractivity contribution is -0.129. The first-order valence-electron chi connectivity index (χ1n) is 6.21. The predicted molar refractivity (Wildman–Crippen MR) is 70.5 cm³/mol. The van der Waals surface area contributed by atoms with E-state index in [1.165, 1.54) is 18.2 Å². The van der Waals surface area contributed by atoms with E-state index in [1.54, 1.807) is 26.8 Å². The third-order valence-corrected chi connectivity index (χ3v) is 2.61. The monoisotopic (exact) mass is 287 g/mol. The first kappa shape index (κ1) is 16.4. The highest BCUT2D eigenvalue weighted by Gasteiger charge is 2.21. The second-order valence-corrected chi connectivity index (χ2v) is 5.43. The molecule has 0 aliphatic carbocycles. The van der Waals surface area contributed by atoms with Gasteiger partial charge >= 0.3 is 6.61 Å². The summed E-state index contributed by atoms with van der Waals surface area (Å²) in [5, 5.41) is 12.5. The van der Waals surface area contributed by atoms with Crippen LogP contribution in [0.25, 0.3) is 0 Å². The third kappa shape index (κ3) is 5.13. The SMILES string of the molecule is CC(C)(C)C(=O)NCC(O)c1cccc(OC(F)F)c1. The number of ether oxygens (including phenoxy) is 1. The molecule has 0 aromatic heterocycles. The molecule has 0 fully saturated rings. The molecule has 1 aromatic rings. The summed E-state index contributed by atoms with van der Waals surface area (Å²) >= 11 is 0. The molecular formula is C14H19F2NO3. The number of halogens is 2. The van der Waals surface area contributed by atoms with Gasteiger partial charge in [-0.15, -0.1) is 0 Å². The molecular weight excluding hydrogens is 268 g/mol. The van der Waals surface area contributed by atoms with Crippen molar-refractivity contribution in [3.05, 3.63) is 29.8 Å². The van der Waals surface area contributed by atoms with Crippen molar-refractivity contribution >= 4 is 5.91 Å². The van der Waals surface area contributed by atoms with Gasteiger partial charge in [-0.25, -0.2) is 0 Å². The van der Waals surface area contributed by atoms with E-state index >= 15 is 0 Å². The van der Waals surface area contributed by atoms with Crippen LogP contribution in [0, 0.1) is 5.41 Å². The van der Waals surface area contributed by atoms with Gasteiger partial charge in [-0.1, -0.05) is 32.9 Å². The Morgan fingerprint density at radius 2 is 2.05 bits per heavy atom. The van der Waals surface area contributed by atoms with Crippen molar-refractivity contribution < 1.29 is 23.4 Å². The molecule has 0 bridgehead atoms. The van der Waals surface area contributed by atoms with E-state index in [9.17, 15) is 18.7 Å². The Kier molecular flexibility index (Phi) is 5.44. The Balaban J connectivity index is 2.63. The maximum Gasteiger partial charge on any atom is 0.387 e. The summed E-state index contributed by atoms with van der Waals surface area (Å²) in [5.41, 5.74) is -0.155.